The number of carbonyl (C=O) groups excluding carboxylic acids is 1. The van der Waals surface area contributed by atoms with Crippen LogP contribution in [0.1, 0.15) is 6.42 Å². The van der Waals surface area contributed by atoms with Gasteiger partial charge < -0.3 is 9.64 Å². The van der Waals surface area contributed by atoms with Gasteiger partial charge in [-0.05, 0) is 22.0 Å². The maximum atomic E-state index is 11.9. The van der Waals surface area contributed by atoms with Crippen LogP contribution in [0.3, 0.4) is 0 Å². The number of hydrogen-bond donors (Lipinski definition) is 1. The van der Waals surface area contributed by atoms with Gasteiger partial charge in [-0.15, -0.1) is 0 Å². The number of anilines is 1. The number of carbonyl (C=O) groups is 1. The van der Waals surface area contributed by atoms with Crippen LogP contribution in [-0.2, 0) is 14.8 Å². The van der Waals surface area contributed by atoms with Crippen molar-refractivity contribution in [3.05, 3.63) is 16.7 Å². The largest absolute Gasteiger partial charge is 0.480 e. The monoisotopic (exact) mass is 349 g/mol. The molecule has 0 aromatic carbocycles. The average Bonchev–Trinajstić information content (AvgIpc) is 2.71. The Labute approximate surface area is 118 Å². The first kappa shape index (κ1) is 14.2. The fraction of sp³-hybridized carbons (Fsp3) is 0.400. The number of pyridine rings is 1. The van der Waals surface area contributed by atoms with Crippen LogP contribution in [0.2, 0.25) is 0 Å². The van der Waals surface area contributed by atoms with Crippen molar-refractivity contribution in [3.63, 3.8) is 0 Å². The summed E-state index contributed by atoms with van der Waals surface area (Å²) in [6.07, 6.45) is 1.40. The smallest absolute Gasteiger partial charge is 0.237 e. The Balaban J connectivity index is 2.38. The molecule has 7 nitrogen and oxygen atoms in total. The number of aromatic nitrogens is 1. The first-order valence-corrected chi connectivity index (χ1v) is 7.74. The van der Waals surface area contributed by atoms with Gasteiger partial charge in [0.15, 0.2) is 0 Å². The number of halogens is 1. The number of rotatable bonds is 3. The molecule has 1 fully saturated rings. The highest BCUT2D eigenvalue weighted by atomic mass is 79.9. The van der Waals surface area contributed by atoms with E-state index in [2.05, 4.69) is 20.9 Å². The van der Waals surface area contributed by atoms with Gasteiger partial charge in [-0.3, -0.25) is 4.79 Å². The molecule has 1 aliphatic heterocycles. The lowest BCUT2D eigenvalue weighted by Crippen LogP contribution is -2.32. The number of amides is 1. The van der Waals surface area contributed by atoms with Crippen molar-refractivity contribution in [3.8, 4) is 5.88 Å². The van der Waals surface area contributed by atoms with Crippen molar-refractivity contribution < 1.29 is 17.9 Å². The molecule has 1 saturated heterocycles. The van der Waals surface area contributed by atoms with E-state index in [9.17, 15) is 13.2 Å². The number of sulfonamides is 1. The van der Waals surface area contributed by atoms with E-state index >= 15 is 0 Å². The van der Waals surface area contributed by atoms with Crippen LogP contribution >= 0.6 is 15.9 Å². The minimum atomic E-state index is -3.74. The third kappa shape index (κ3) is 2.88. The molecule has 104 valence electrons. The number of ether oxygens (including phenoxy) is 1. The molecule has 0 spiro atoms. The number of primary sulfonamides is 1. The summed E-state index contributed by atoms with van der Waals surface area (Å²) >= 11 is 3.25. The van der Waals surface area contributed by atoms with E-state index in [4.69, 9.17) is 9.88 Å². The molecule has 2 rings (SSSR count). The number of methoxy groups -OCH3 is 1. The number of hydrogen-bond acceptors (Lipinski definition) is 5. The molecule has 1 unspecified atom stereocenters. The highest BCUT2D eigenvalue weighted by Crippen LogP contribution is 2.32. The molecule has 9 heteroatoms. The summed E-state index contributed by atoms with van der Waals surface area (Å²) in [7, 11) is -2.31. The standard InChI is InChI=1S/C10H12BrN3O4S/c1-18-10-8(2-6(11)4-13-10)14-5-7(3-9(14)15)19(12,16)17/h2,4,7H,3,5H2,1H3,(H2,12,16,17). The third-order valence-corrected chi connectivity index (χ3v) is 4.52. The minimum absolute atomic E-state index is 0.00611. The van der Waals surface area contributed by atoms with Gasteiger partial charge in [-0.1, -0.05) is 0 Å². The van der Waals surface area contributed by atoms with Crippen molar-refractivity contribution in [1.29, 1.82) is 0 Å². The second-order valence-corrected chi connectivity index (χ2v) is 6.86. The first-order chi connectivity index (χ1) is 8.82. The molecule has 2 heterocycles. The van der Waals surface area contributed by atoms with Crippen molar-refractivity contribution in [2.45, 2.75) is 11.7 Å². The second kappa shape index (κ2) is 5.06. The van der Waals surface area contributed by atoms with E-state index < -0.39 is 15.3 Å². The zero-order valence-electron chi connectivity index (χ0n) is 10.0. The number of nitrogens with two attached hydrogens (primary N) is 1. The molecule has 1 amide bonds. The van der Waals surface area contributed by atoms with Crippen LogP contribution in [-0.4, -0.2) is 38.2 Å². The Morgan fingerprint density at radius 1 is 1.58 bits per heavy atom. The Morgan fingerprint density at radius 3 is 2.79 bits per heavy atom. The van der Waals surface area contributed by atoms with Crippen molar-refractivity contribution >= 4 is 37.5 Å². The Hall–Kier alpha value is -1.19. The fourth-order valence-corrected chi connectivity index (χ4v) is 2.95. The molecule has 1 aliphatic rings. The molecule has 2 N–H and O–H groups in total. The predicted molar refractivity (Wildman–Crippen MR) is 72.4 cm³/mol. The minimum Gasteiger partial charge on any atom is -0.480 e. The van der Waals surface area contributed by atoms with Gasteiger partial charge in [-0.2, -0.15) is 0 Å². The van der Waals surface area contributed by atoms with Crippen LogP contribution in [0.25, 0.3) is 0 Å². The summed E-state index contributed by atoms with van der Waals surface area (Å²) in [6, 6.07) is 1.65. The lowest BCUT2D eigenvalue weighted by molar-refractivity contribution is -0.117. The molecule has 1 aromatic rings. The summed E-state index contributed by atoms with van der Waals surface area (Å²) in [6.45, 7) is 0.00611. The van der Waals surface area contributed by atoms with Crippen molar-refractivity contribution in [2.24, 2.45) is 5.14 Å². The maximum Gasteiger partial charge on any atom is 0.237 e. The molecule has 1 aromatic heterocycles. The van der Waals surface area contributed by atoms with E-state index in [0.29, 0.717) is 10.2 Å². The van der Waals surface area contributed by atoms with Crippen LogP contribution in [0.5, 0.6) is 5.88 Å². The molecule has 0 saturated carbocycles. The molecule has 0 bridgehead atoms. The van der Waals surface area contributed by atoms with E-state index in [1.54, 1.807) is 6.07 Å². The zero-order chi connectivity index (χ0) is 14.2. The van der Waals surface area contributed by atoms with Crippen LogP contribution < -0.4 is 14.8 Å². The quantitative estimate of drug-likeness (QED) is 0.842. The molecular weight excluding hydrogens is 338 g/mol. The predicted octanol–water partition coefficient (Wildman–Crippen LogP) is 0.246. The van der Waals surface area contributed by atoms with Crippen LogP contribution in [0.4, 0.5) is 5.69 Å². The van der Waals surface area contributed by atoms with Crippen LogP contribution in [0.15, 0.2) is 16.7 Å². The van der Waals surface area contributed by atoms with Crippen molar-refractivity contribution in [2.75, 3.05) is 18.6 Å². The van der Waals surface area contributed by atoms with E-state index in [-0.39, 0.29) is 24.8 Å². The normalized spacial score (nSPS) is 19.8. The SMILES string of the molecule is COc1ncc(Br)cc1N1CC(S(N)(=O)=O)CC1=O. The molecule has 19 heavy (non-hydrogen) atoms. The molecule has 0 aliphatic carbocycles. The first-order valence-electron chi connectivity index (χ1n) is 5.34. The van der Waals surface area contributed by atoms with E-state index in [1.165, 1.54) is 18.2 Å². The van der Waals surface area contributed by atoms with Gasteiger partial charge in [0.25, 0.3) is 0 Å². The fourth-order valence-electron chi connectivity index (χ4n) is 1.89. The van der Waals surface area contributed by atoms with E-state index in [1.807, 2.05) is 0 Å². The average molecular weight is 350 g/mol. The van der Waals surface area contributed by atoms with Gasteiger partial charge >= 0.3 is 0 Å². The van der Waals surface area contributed by atoms with Crippen LogP contribution in [0, 0.1) is 0 Å². The maximum absolute atomic E-state index is 11.9. The summed E-state index contributed by atoms with van der Waals surface area (Å²) in [5, 5.41) is 4.18. The Bertz CT molecular complexity index is 619. The summed E-state index contributed by atoms with van der Waals surface area (Å²) in [5.74, 6) is -0.0659. The lowest BCUT2D eigenvalue weighted by atomic mass is 10.3. The second-order valence-electron chi connectivity index (χ2n) is 4.10. The van der Waals surface area contributed by atoms with Gasteiger partial charge in [-0.25, -0.2) is 18.5 Å². The topological polar surface area (TPSA) is 103 Å². The summed E-state index contributed by atoms with van der Waals surface area (Å²) in [5.41, 5.74) is 0.424. The van der Waals surface area contributed by atoms with Gasteiger partial charge in [0.2, 0.25) is 21.8 Å². The lowest BCUT2D eigenvalue weighted by Gasteiger charge is -2.18. The highest BCUT2D eigenvalue weighted by molar-refractivity contribution is 9.10. The van der Waals surface area contributed by atoms with Gasteiger partial charge in [0.05, 0.1) is 7.11 Å². The number of nitrogens with zero attached hydrogens (tertiary/aromatic N) is 2. The summed E-state index contributed by atoms with van der Waals surface area (Å²) in [4.78, 5) is 17.3. The summed E-state index contributed by atoms with van der Waals surface area (Å²) < 4.78 is 28.4. The molecule has 0 radical (unpaired) electrons. The van der Waals surface area contributed by atoms with Gasteiger partial charge in [0, 0.05) is 23.6 Å². The Kier molecular flexibility index (Phi) is 3.79. The van der Waals surface area contributed by atoms with Gasteiger partial charge in [0.1, 0.15) is 10.9 Å². The molecule has 1 atom stereocenters. The van der Waals surface area contributed by atoms with E-state index in [0.717, 1.165) is 0 Å². The highest BCUT2D eigenvalue weighted by Gasteiger charge is 2.38. The molecular formula is C10H12BrN3O4S. The van der Waals surface area contributed by atoms with Crippen molar-refractivity contribution in [1.82, 2.24) is 4.98 Å². The Morgan fingerprint density at radius 2 is 2.26 bits per heavy atom. The zero-order valence-corrected chi connectivity index (χ0v) is 12.4. The third-order valence-electron chi connectivity index (χ3n) is 2.84.